The number of rotatable bonds is 4. The number of carbonyl (C=O) groups is 3. The van der Waals surface area contributed by atoms with Crippen molar-refractivity contribution >= 4 is 40.8 Å². The zero-order valence-electron chi connectivity index (χ0n) is 18.2. The fraction of sp³-hybridized carbons (Fsp3) is 0.250. The Morgan fingerprint density at radius 1 is 0.879 bits per heavy atom. The molecule has 1 aliphatic heterocycles. The first-order valence-electron chi connectivity index (χ1n) is 10.5. The van der Waals surface area contributed by atoms with Gasteiger partial charge in [-0.25, -0.2) is 4.68 Å². The number of aryl methyl sites for hydroxylation is 1. The van der Waals surface area contributed by atoms with Crippen LogP contribution in [0.3, 0.4) is 0 Å². The SMILES string of the molecule is Cc1nn(-c2ccccc2)c(C)c1C(=O)C(=O)N1CCN(C(=O)c2ccc(Cl)cc2Cl)CC1. The van der Waals surface area contributed by atoms with Crippen molar-refractivity contribution in [2.24, 2.45) is 0 Å². The molecule has 0 spiro atoms. The molecule has 7 nitrogen and oxygen atoms in total. The number of para-hydroxylation sites is 1. The van der Waals surface area contributed by atoms with Gasteiger partial charge in [0.15, 0.2) is 0 Å². The first-order chi connectivity index (χ1) is 15.8. The normalized spacial score (nSPS) is 13.8. The van der Waals surface area contributed by atoms with E-state index in [-0.39, 0.29) is 24.0 Å². The van der Waals surface area contributed by atoms with Crippen LogP contribution in [0.4, 0.5) is 0 Å². The molecule has 1 aliphatic rings. The molecule has 1 aromatic heterocycles. The largest absolute Gasteiger partial charge is 0.335 e. The molecule has 0 aliphatic carbocycles. The van der Waals surface area contributed by atoms with Crippen LogP contribution in [0.1, 0.15) is 32.1 Å². The second kappa shape index (κ2) is 9.37. The van der Waals surface area contributed by atoms with Crippen molar-refractivity contribution in [3.8, 4) is 5.69 Å². The van der Waals surface area contributed by atoms with Gasteiger partial charge in [-0.15, -0.1) is 0 Å². The second-order valence-electron chi connectivity index (χ2n) is 7.83. The van der Waals surface area contributed by atoms with Gasteiger partial charge in [0.1, 0.15) is 0 Å². The van der Waals surface area contributed by atoms with E-state index in [0.717, 1.165) is 5.69 Å². The van der Waals surface area contributed by atoms with Crippen LogP contribution in [-0.4, -0.2) is 63.4 Å². The van der Waals surface area contributed by atoms with E-state index < -0.39 is 11.7 Å². The number of amides is 2. The van der Waals surface area contributed by atoms with Crippen molar-refractivity contribution in [2.45, 2.75) is 13.8 Å². The molecule has 9 heteroatoms. The second-order valence-corrected chi connectivity index (χ2v) is 8.67. The van der Waals surface area contributed by atoms with Crippen molar-refractivity contribution in [3.05, 3.63) is 81.1 Å². The highest BCUT2D eigenvalue weighted by molar-refractivity contribution is 6.43. The van der Waals surface area contributed by atoms with Crippen molar-refractivity contribution in [1.29, 1.82) is 0 Å². The third kappa shape index (κ3) is 4.51. The summed E-state index contributed by atoms with van der Waals surface area (Å²) in [6.45, 7) is 4.62. The predicted octanol–water partition coefficient (Wildman–Crippen LogP) is 3.96. The van der Waals surface area contributed by atoms with Crippen molar-refractivity contribution in [1.82, 2.24) is 19.6 Å². The predicted molar refractivity (Wildman–Crippen MR) is 126 cm³/mol. The minimum Gasteiger partial charge on any atom is -0.335 e. The van der Waals surface area contributed by atoms with Crippen molar-refractivity contribution < 1.29 is 14.4 Å². The number of aromatic nitrogens is 2. The lowest BCUT2D eigenvalue weighted by Crippen LogP contribution is -2.52. The molecule has 0 atom stereocenters. The molecular formula is C24H22Cl2N4O3. The van der Waals surface area contributed by atoms with E-state index in [2.05, 4.69) is 5.10 Å². The van der Waals surface area contributed by atoms with Gasteiger partial charge < -0.3 is 9.80 Å². The molecule has 1 fully saturated rings. The monoisotopic (exact) mass is 484 g/mol. The quantitative estimate of drug-likeness (QED) is 0.414. The smallest absolute Gasteiger partial charge is 0.295 e. The maximum atomic E-state index is 13.1. The number of Topliss-reactive ketones (excluding diaryl/α,β-unsaturated/α-hetero) is 1. The lowest BCUT2D eigenvalue weighted by molar-refractivity contribution is -0.127. The number of halogens is 2. The van der Waals surface area contributed by atoms with Gasteiger partial charge in [-0.3, -0.25) is 14.4 Å². The first-order valence-corrected chi connectivity index (χ1v) is 11.2. The number of hydrogen-bond donors (Lipinski definition) is 0. The van der Waals surface area contributed by atoms with Gasteiger partial charge >= 0.3 is 0 Å². The molecule has 0 saturated carbocycles. The highest BCUT2D eigenvalue weighted by Gasteiger charge is 2.32. The Balaban J connectivity index is 1.45. The van der Waals surface area contributed by atoms with Gasteiger partial charge in [-0.1, -0.05) is 41.4 Å². The number of piperazine rings is 1. The Labute approximate surface area is 201 Å². The lowest BCUT2D eigenvalue weighted by atomic mass is 10.1. The molecule has 0 bridgehead atoms. The molecule has 4 rings (SSSR count). The Morgan fingerprint density at radius 2 is 1.52 bits per heavy atom. The maximum absolute atomic E-state index is 13.1. The number of ketones is 1. The van der Waals surface area contributed by atoms with Gasteiger partial charge in [-0.05, 0) is 44.2 Å². The molecule has 0 unspecified atom stereocenters. The number of hydrogen-bond acceptors (Lipinski definition) is 4. The van der Waals surface area contributed by atoms with E-state index in [0.29, 0.717) is 40.6 Å². The van der Waals surface area contributed by atoms with E-state index in [1.54, 1.807) is 35.6 Å². The van der Waals surface area contributed by atoms with E-state index in [4.69, 9.17) is 23.2 Å². The van der Waals surface area contributed by atoms with Crippen molar-refractivity contribution in [3.63, 3.8) is 0 Å². The van der Waals surface area contributed by atoms with Crippen LogP contribution in [-0.2, 0) is 4.79 Å². The lowest BCUT2D eigenvalue weighted by Gasteiger charge is -2.34. The summed E-state index contributed by atoms with van der Waals surface area (Å²) in [6.07, 6.45) is 0. The van der Waals surface area contributed by atoms with Crippen molar-refractivity contribution in [2.75, 3.05) is 26.2 Å². The molecular weight excluding hydrogens is 463 g/mol. The zero-order valence-corrected chi connectivity index (χ0v) is 19.7. The van der Waals surface area contributed by atoms with Gasteiger partial charge in [0.25, 0.3) is 17.6 Å². The Kier molecular flexibility index (Phi) is 6.54. The fourth-order valence-corrected chi connectivity index (χ4v) is 4.48. The van der Waals surface area contributed by atoms with Gasteiger partial charge in [-0.2, -0.15) is 5.10 Å². The molecule has 33 heavy (non-hydrogen) atoms. The maximum Gasteiger partial charge on any atom is 0.295 e. The van der Waals surface area contributed by atoms with Crippen LogP contribution in [0.5, 0.6) is 0 Å². The fourth-order valence-electron chi connectivity index (χ4n) is 3.99. The van der Waals surface area contributed by atoms with Crippen LogP contribution in [0.2, 0.25) is 10.0 Å². The van der Waals surface area contributed by atoms with E-state index in [9.17, 15) is 14.4 Å². The molecule has 170 valence electrons. The van der Waals surface area contributed by atoms with Crippen LogP contribution in [0, 0.1) is 13.8 Å². The Morgan fingerprint density at radius 3 is 2.15 bits per heavy atom. The summed E-state index contributed by atoms with van der Waals surface area (Å²) in [5, 5.41) is 5.19. The molecule has 2 aromatic carbocycles. The Hall–Kier alpha value is -3.16. The Bertz CT molecular complexity index is 1230. The molecule has 2 amide bonds. The summed E-state index contributed by atoms with van der Waals surface area (Å²) in [5.74, 6) is -1.41. The van der Waals surface area contributed by atoms with E-state index >= 15 is 0 Å². The number of carbonyl (C=O) groups excluding carboxylic acids is 3. The van der Waals surface area contributed by atoms with Gasteiger partial charge in [0, 0.05) is 31.2 Å². The summed E-state index contributed by atoms with van der Waals surface area (Å²) in [5.41, 5.74) is 2.61. The summed E-state index contributed by atoms with van der Waals surface area (Å²) in [7, 11) is 0. The van der Waals surface area contributed by atoms with Crippen LogP contribution in [0.25, 0.3) is 5.69 Å². The summed E-state index contributed by atoms with van der Waals surface area (Å²) < 4.78 is 1.67. The minimum absolute atomic E-state index is 0.231. The van der Waals surface area contributed by atoms with Gasteiger partial charge in [0.05, 0.1) is 33.2 Å². The van der Waals surface area contributed by atoms with Gasteiger partial charge in [0.2, 0.25) is 0 Å². The molecule has 0 radical (unpaired) electrons. The minimum atomic E-state index is -0.592. The average Bonchev–Trinajstić information content (AvgIpc) is 3.12. The molecule has 0 N–H and O–H groups in total. The van der Waals surface area contributed by atoms with Crippen LogP contribution >= 0.6 is 23.2 Å². The summed E-state index contributed by atoms with van der Waals surface area (Å²) in [4.78, 5) is 42.0. The molecule has 3 aromatic rings. The van der Waals surface area contributed by atoms with E-state index in [1.165, 1.54) is 11.0 Å². The van der Waals surface area contributed by atoms with Crippen LogP contribution < -0.4 is 0 Å². The third-order valence-electron chi connectivity index (χ3n) is 5.73. The number of nitrogens with zero attached hydrogens (tertiary/aromatic N) is 4. The highest BCUT2D eigenvalue weighted by Crippen LogP contribution is 2.23. The standard InChI is InChI=1S/C24H22Cl2N4O3/c1-15-21(16(2)30(27-15)18-6-4-3-5-7-18)22(31)24(33)29-12-10-28(11-13-29)23(32)19-9-8-17(25)14-20(19)26/h3-9,14H,10-13H2,1-2H3. The first kappa shape index (κ1) is 23.0. The molecule has 1 saturated heterocycles. The third-order valence-corrected chi connectivity index (χ3v) is 6.28. The highest BCUT2D eigenvalue weighted by atomic mass is 35.5. The topological polar surface area (TPSA) is 75.5 Å². The van der Waals surface area contributed by atoms with E-state index in [1.807, 2.05) is 30.3 Å². The zero-order chi connectivity index (χ0) is 23.7. The number of benzene rings is 2. The summed E-state index contributed by atoms with van der Waals surface area (Å²) >= 11 is 12.1. The summed E-state index contributed by atoms with van der Waals surface area (Å²) in [6, 6.07) is 14.2. The molecule has 2 heterocycles. The average molecular weight is 485 g/mol. The van der Waals surface area contributed by atoms with Crippen LogP contribution in [0.15, 0.2) is 48.5 Å².